The number of hydrogen-bond donors (Lipinski definition) is 2. The molecule has 0 aromatic heterocycles. The number of carbonyl (C=O) groups is 1. The van der Waals surface area contributed by atoms with Crippen LogP contribution in [0.4, 0.5) is 5.69 Å². The van der Waals surface area contributed by atoms with Crippen LogP contribution in [-0.2, 0) is 0 Å². The van der Waals surface area contributed by atoms with Crippen molar-refractivity contribution in [2.45, 2.75) is 0 Å². The molecule has 2 aromatic carbocycles. The van der Waals surface area contributed by atoms with Gasteiger partial charge in [-0.25, -0.2) is 0 Å². The predicted molar refractivity (Wildman–Crippen MR) is 109 cm³/mol. The first-order valence-corrected chi connectivity index (χ1v) is 8.52. The average Bonchev–Trinajstić information content (AvgIpc) is 2.72. The van der Waals surface area contributed by atoms with E-state index >= 15 is 0 Å². The molecule has 0 bridgehead atoms. The van der Waals surface area contributed by atoms with Crippen molar-refractivity contribution in [1.29, 1.82) is 0 Å². The van der Waals surface area contributed by atoms with Crippen LogP contribution in [0.15, 0.2) is 30.3 Å². The number of anilines is 1. The number of rotatable bonds is 7. The van der Waals surface area contributed by atoms with Crippen LogP contribution in [0.3, 0.4) is 0 Å². The van der Waals surface area contributed by atoms with E-state index in [0.29, 0.717) is 40.0 Å². The fourth-order valence-corrected chi connectivity index (χ4v) is 2.65. The molecule has 0 aliphatic carbocycles. The second kappa shape index (κ2) is 9.65. The summed E-state index contributed by atoms with van der Waals surface area (Å²) in [7, 11) is 7.52. The summed E-state index contributed by atoms with van der Waals surface area (Å²) < 4.78 is 26.2. The Morgan fingerprint density at radius 2 is 1.43 bits per heavy atom. The zero-order valence-corrected chi connectivity index (χ0v) is 17.1. The molecule has 0 spiro atoms. The maximum atomic E-state index is 12.6. The average molecular weight is 406 g/mol. The number of carbonyl (C=O) groups excluding carboxylic acids is 1. The number of thiocarbonyl (C=S) groups is 1. The van der Waals surface area contributed by atoms with Gasteiger partial charge in [-0.15, -0.1) is 0 Å². The van der Waals surface area contributed by atoms with Gasteiger partial charge in [0, 0.05) is 11.6 Å². The van der Waals surface area contributed by atoms with E-state index in [1.54, 1.807) is 25.3 Å². The van der Waals surface area contributed by atoms with Crippen molar-refractivity contribution in [3.8, 4) is 28.7 Å². The topological polar surface area (TPSA) is 87.3 Å². The summed E-state index contributed by atoms with van der Waals surface area (Å²) in [6.45, 7) is 0. The summed E-state index contributed by atoms with van der Waals surface area (Å²) in [4.78, 5) is 12.6. The van der Waals surface area contributed by atoms with Crippen LogP contribution in [-0.4, -0.2) is 46.6 Å². The summed E-state index contributed by atoms with van der Waals surface area (Å²) in [5.41, 5.74) is 0.874. The van der Waals surface area contributed by atoms with E-state index in [9.17, 15) is 4.79 Å². The number of methoxy groups -OCH3 is 5. The lowest BCUT2D eigenvalue weighted by molar-refractivity contribution is 0.0977. The van der Waals surface area contributed by atoms with Crippen LogP contribution < -0.4 is 34.3 Å². The maximum Gasteiger partial charge on any atom is 0.257 e. The molecule has 0 saturated carbocycles. The van der Waals surface area contributed by atoms with Gasteiger partial charge in [0.25, 0.3) is 5.91 Å². The van der Waals surface area contributed by atoms with Crippen LogP contribution >= 0.6 is 12.2 Å². The molecule has 1 amide bonds. The van der Waals surface area contributed by atoms with E-state index in [4.69, 9.17) is 35.9 Å². The van der Waals surface area contributed by atoms with Crippen LogP contribution in [0.5, 0.6) is 28.7 Å². The van der Waals surface area contributed by atoms with Gasteiger partial charge in [-0.2, -0.15) is 0 Å². The number of benzene rings is 2. The van der Waals surface area contributed by atoms with Crippen molar-refractivity contribution in [3.05, 3.63) is 35.9 Å². The SMILES string of the molecule is COc1ccc(NC(=S)NC(=O)c2cc(OC)c(OC)c(OC)c2)c(OC)c1. The van der Waals surface area contributed by atoms with Gasteiger partial charge in [0.1, 0.15) is 11.5 Å². The van der Waals surface area contributed by atoms with Gasteiger partial charge in [-0.3, -0.25) is 10.1 Å². The number of nitrogens with one attached hydrogen (secondary N) is 2. The van der Waals surface area contributed by atoms with E-state index in [1.165, 1.54) is 40.6 Å². The lowest BCUT2D eigenvalue weighted by Gasteiger charge is -2.15. The summed E-state index contributed by atoms with van der Waals surface area (Å²) >= 11 is 5.24. The molecule has 0 radical (unpaired) electrons. The van der Waals surface area contributed by atoms with Gasteiger partial charge in [0.15, 0.2) is 16.6 Å². The normalized spacial score (nSPS) is 9.89. The first-order valence-electron chi connectivity index (χ1n) is 8.11. The third-order valence-electron chi connectivity index (χ3n) is 3.81. The van der Waals surface area contributed by atoms with Crippen LogP contribution in [0, 0.1) is 0 Å². The van der Waals surface area contributed by atoms with Crippen molar-refractivity contribution in [2.75, 3.05) is 40.9 Å². The fourth-order valence-electron chi connectivity index (χ4n) is 2.44. The second-order valence-electron chi connectivity index (χ2n) is 5.39. The lowest BCUT2D eigenvalue weighted by atomic mass is 10.1. The number of amides is 1. The smallest absolute Gasteiger partial charge is 0.257 e. The van der Waals surface area contributed by atoms with E-state index in [1.807, 2.05) is 0 Å². The minimum atomic E-state index is -0.441. The Labute approximate surface area is 168 Å². The number of hydrogen-bond acceptors (Lipinski definition) is 7. The Balaban J connectivity index is 2.18. The minimum Gasteiger partial charge on any atom is -0.497 e. The van der Waals surface area contributed by atoms with E-state index < -0.39 is 5.91 Å². The fraction of sp³-hybridized carbons (Fsp3) is 0.263. The molecule has 2 rings (SSSR count). The Morgan fingerprint density at radius 1 is 0.821 bits per heavy atom. The van der Waals surface area contributed by atoms with Gasteiger partial charge >= 0.3 is 0 Å². The van der Waals surface area contributed by atoms with Gasteiger partial charge < -0.3 is 29.0 Å². The third-order valence-corrected chi connectivity index (χ3v) is 4.01. The van der Waals surface area contributed by atoms with Crippen LogP contribution in [0.2, 0.25) is 0 Å². The molecule has 8 nitrogen and oxygen atoms in total. The van der Waals surface area contributed by atoms with Crippen molar-refractivity contribution in [1.82, 2.24) is 5.32 Å². The lowest BCUT2D eigenvalue weighted by Crippen LogP contribution is -2.34. The molecule has 0 aliphatic rings. The summed E-state index contributed by atoms with van der Waals surface area (Å²) in [6.07, 6.45) is 0. The largest absolute Gasteiger partial charge is 0.497 e. The van der Waals surface area contributed by atoms with Crippen molar-refractivity contribution in [2.24, 2.45) is 0 Å². The highest BCUT2D eigenvalue weighted by Crippen LogP contribution is 2.38. The first-order chi connectivity index (χ1) is 13.5. The molecule has 0 atom stereocenters. The molecule has 150 valence electrons. The third kappa shape index (κ3) is 4.74. The van der Waals surface area contributed by atoms with E-state index in [-0.39, 0.29) is 5.11 Å². The monoisotopic (exact) mass is 406 g/mol. The predicted octanol–water partition coefficient (Wildman–Crippen LogP) is 2.86. The second-order valence-corrected chi connectivity index (χ2v) is 5.80. The van der Waals surface area contributed by atoms with Gasteiger partial charge in [-0.05, 0) is 36.5 Å². The van der Waals surface area contributed by atoms with Crippen LogP contribution in [0.25, 0.3) is 0 Å². The molecule has 0 heterocycles. The maximum absolute atomic E-state index is 12.6. The molecule has 0 aliphatic heterocycles. The Morgan fingerprint density at radius 3 is 1.93 bits per heavy atom. The number of ether oxygens (including phenoxy) is 5. The molecule has 9 heteroatoms. The Bertz CT molecular complexity index is 846. The Hall–Kier alpha value is -3.20. The van der Waals surface area contributed by atoms with Gasteiger partial charge in [-0.1, -0.05) is 0 Å². The van der Waals surface area contributed by atoms with Crippen LogP contribution in [0.1, 0.15) is 10.4 Å². The van der Waals surface area contributed by atoms with Crippen molar-refractivity contribution < 1.29 is 28.5 Å². The highest BCUT2D eigenvalue weighted by Gasteiger charge is 2.18. The van der Waals surface area contributed by atoms with Crippen molar-refractivity contribution in [3.63, 3.8) is 0 Å². The minimum absolute atomic E-state index is 0.0993. The quantitative estimate of drug-likeness (QED) is 0.679. The van der Waals surface area contributed by atoms with Gasteiger partial charge in [0.05, 0.1) is 41.2 Å². The highest BCUT2D eigenvalue weighted by molar-refractivity contribution is 7.80. The van der Waals surface area contributed by atoms with Crippen molar-refractivity contribution >= 4 is 28.9 Å². The van der Waals surface area contributed by atoms with E-state index in [2.05, 4.69) is 10.6 Å². The van der Waals surface area contributed by atoms with E-state index in [0.717, 1.165) is 0 Å². The summed E-state index contributed by atoms with van der Waals surface area (Å²) in [5.74, 6) is 1.83. The first kappa shape index (κ1) is 21.1. The molecule has 28 heavy (non-hydrogen) atoms. The highest BCUT2D eigenvalue weighted by atomic mass is 32.1. The molecular weight excluding hydrogens is 384 g/mol. The zero-order valence-electron chi connectivity index (χ0n) is 16.2. The molecule has 0 unspecified atom stereocenters. The summed E-state index contributed by atoms with van der Waals surface area (Å²) in [6, 6.07) is 8.25. The summed E-state index contributed by atoms with van der Waals surface area (Å²) in [5, 5.41) is 5.63. The standard InChI is InChI=1S/C19H22N2O6S/c1-23-12-6-7-13(14(10-12)24-2)20-19(28)21-18(22)11-8-15(25-3)17(27-5)16(9-11)26-4/h6-10H,1-5H3,(H2,20,21,22,28). The Kier molecular flexibility index (Phi) is 7.28. The molecule has 0 fully saturated rings. The zero-order chi connectivity index (χ0) is 20.7. The molecule has 2 aromatic rings. The molecule has 2 N–H and O–H groups in total. The van der Waals surface area contributed by atoms with Gasteiger partial charge in [0.2, 0.25) is 5.75 Å². The molecular formula is C19H22N2O6S. The molecule has 0 saturated heterocycles.